The Balaban J connectivity index is 2.15. The van der Waals surface area contributed by atoms with E-state index in [0.29, 0.717) is 12.1 Å². The molecule has 1 aromatic carbocycles. The van der Waals surface area contributed by atoms with E-state index in [0.717, 1.165) is 22.4 Å². The minimum absolute atomic E-state index is 0.0834. The van der Waals surface area contributed by atoms with Gasteiger partial charge in [-0.2, -0.15) is 0 Å². The number of amides is 1. The van der Waals surface area contributed by atoms with Gasteiger partial charge in [0.2, 0.25) is 5.91 Å². The number of aromatic nitrogens is 1. The van der Waals surface area contributed by atoms with E-state index in [1.54, 1.807) is 24.3 Å². The standard InChI is InChI=1S/C14H13N3O/c1-17-13(18)7-11-5-10(6-12(15)14(11)17)9-3-2-4-16-8-9/h2-6,8H,7,15H2,1H3. The first-order chi connectivity index (χ1) is 8.66. The van der Waals surface area contributed by atoms with E-state index in [1.165, 1.54) is 0 Å². The normalized spacial score (nSPS) is 13.8. The summed E-state index contributed by atoms with van der Waals surface area (Å²) in [5, 5.41) is 0. The van der Waals surface area contributed by atoms with Crippen LogP contribution in [0.2, 0.25) is 0 Å². The second-order valence-electron chi connectivity index (χ2n) is 4.44. The molecule has 0 saturated carbocycles. The van der Waals surface area contributed by atoms with Crippen LogP contribution in [0.3, 0.4) is 0 Å². The Hall–Kier alpha value is -2.36. The number of nitrogens with two attached hydrogens (primary N) is 1. The average Bonchev–Trinajstić information content (AvgIpc) is 2.66. The van der Waals surface area contributed by atoms with E-state index in [2.05, 4.69) is 4.98 Å². The van der Waals surface area contributed by atoms with Crippen molar-refractivity contribution in [1.82, 2.24) is 4.98 Å². The first-order valence-corrected chi connectivity index (χ1v) is 5.76. The monoisotopic (exact) mass is 239 g/mol. The molecule has 0 fully saturated rings. The maximum absolute atomic E-state index is 11.7. The van der Waals surface area contributed by atoms with Gasteiger partial charge in [0, 0.05) is 25.0 Å². The molecule has 2 N–H and O–H groups in total. The lowest BCUT2D eigenvalue weighted by Gasteiger charge is -2.14. The van der Waals surface area contributed by atoms with Crippen LogP contribution in [-0.2, 0) is 11.2 Å². The number of carbonyl (C=O) groups excluding carboxylic acids is 1. The predicted molar refractivity (Wildman–Crippen MR) is 71.2 cm³/mol. The summed E-state index contributed by atoms with van der Waals surface area (Å²) < 4.78 is 0. The van der Waals surface area contributed by atoms with Gasteiger partial charge in [-0.1, -0.05) is 6.07 Å². The largest absolute Gasteiger partial charge is 0.397 e. The molecule has 0 spiro atoms. The molecular formula is C14H13N3O. The number of nitrogen functional groups attached to an aromatic ring is 1. The Labute approximate surface area is 105 Å². The number of benzene rings is 1. The zero-order chi connectivity index (χ0) is 12.7. The molecule has 1 aliphatic rings. The van der Waals surface area contributed by atoms with E-state index >= 15 is 0 Å². The number of fused-ring (bicyclic) bond motifs is 1. The van der Waals surface area contributed by atoms with Gasteiger partial charge in [-0.15, -0.1) is 0 Å². The lowest BCUT2D eigenvalue weighted by Crippen LogP contribution is -2.21. The van der Waals surface area contributed by atoms with E-state index < -0.39 is 0 Å². The van der Waals surface area contributed by atoms with Gasteiger partial charge in [-0.25, -0.2) is 0 Å². The smallest absolute Gasteiger partial charge is 0.231 e. The summed E-state index contributed by atoms with van der Waals surface area (Å²) in [5.41, 5.74) is 10.5. The zero-order valence-corrected chi connectivity index (χ0v) is 10.1. The molecule has 2 aromatic rings. The molecule has 0 saturated heterocycles. The number of hydrogen-bond acceptors (Lipinski definition) is 3. The highest BCUT2D eigenvalue weighted by molar-refractivity contribution is 6.05. The van der Waals surface area contributed by atoms with E-state index in [9.17, 15) is 4.79 Å². The average molecular weight is 239 g/mol. The molecule has 0 radical (unpaired) electrons. The minimum Gasteiger partial charge on any atom is -0.397 e. The Bertz CT molecular complexity index is 622. The second kappa shape index (κ2) is 3.84. The first-order valence-electron chi connectivity index (χ1n) is 5.76. The predicted octanol–water partition coefficient (Wildman–Crippen LogP) is 1.85. The second-order valence-corrected chi connectivity index (χ2v) is 4.44. The summed E-state index contributed by atoms with van der Waals surface area (Å²) in [4.78, 5) is 17.4. The van der Waals surface area contributed by atoms with Crippen molar-refractivity contribution in [2.45, 2.75) is 6.42 Å². The lowest BCUT2D eigenvalue weighted by atomic mass is 10.0. The van der Waals surface area contributed by atoms with Gasteiger partial charge in [0.25, 0.3) is 0 Å². The van der Waals surface area contributed by atoms with Gasteiger partial charge in [0.1, 0.15) is 0 Å². The van der Waals surface area contributed by atoms with Crippen molar-refractivity contribution < 1.29 is 4.79 Å². The molecular weight excluding hydrogens is 226 g/mol. The van der Waals surface area contributed by atoms with E-state index in [-0.39, 0.29) is 5.91 Å². The number of hydrogen-bond donors (Lipinski definition) is 1. The third kappa shape index (κ3) is 1.54. The molecule has 18 heavy (non-hydrogen) atoms. The summed E-state index contributed by atoms with van der Waals surface area (Å²) in [5.74, 6) is 0.0834. The van der Waals surface area contributed by atoms with E-state index in [1.807, 2.05) is 24.3 Å². The summed E-state index contributed by atoms with van der Waals surface area (Å²) >= 11 is 0. The van der Waals surface area contributed by atoms with Crippen LogP contribution in [0.1, 0.15) is 5.56 Å². The number of pyridine rings is 1. The number of nitrogens with zero attached hydrogens (tertiary/aromatic N) is 2. The van der Waals surface area contributed by atoms with Crippen molar-refractivity contribution in [1.29, 1.82) is 0 Å². The fourth-order valence-corrected chi connectivity index (χ4v) is 2.37. The van der Waals surface area contributed by atoms with Crippen molar-refractivity contribution in [3.63, 3.8) is 0 Å². The topological polar surface area (TPSA) is 59.2 Å². The van der Waals surface area contributed by atoms with Gasteiger partial charge >= 0.3 is 0 Å². The SMILES string of the molecule is CN1C(=O)Cc2cc(-c3cccnc3)cc(N)c21. The lowest BCUT2D eigenvalue weighted by molar-refractivity contribution is -0.117. The zero-order valence-electron chi connectivity index (χ0n) is 10.1. The van der Waals surface area contributed by atoms with Crippen LogP contribution in [0.4, 0.5) is 11.4 Å². The number of anilines is 2. The third-order valence-electron chi connectivity index (χ3n) is 3.26. The molecule has 0 bridgehead atoms. The van der Waals surface area contributed by atoms with Gasteiger partial charge in [0.15, 0.2) is 0 Å². The molecule has 3 rings (SSSR count). The van der Waals surface area contributed by atoms with Crippen LogP contribution in [0.15, 0.2) is 36.7 Å². The fraction of sp³-hybridized carbons (Fsp3) is 0.143. The molecule has 0 unspecified atom stereocenters. The third-order valence-corrected chi connectivity index (χ3v) is 3.26. The van der Waals surface area contributed by atoms with Crippen molar-refractivity contribution in [2.75, 3.05) is 17.7 Å². The highest BCUT2D eigenvalue weighted by Gasteiger charge is 2.26. The number of carbonyl (C=O) groups is 1. The Morgan fingerprint density at radius 2 is 2.17 bits per heavy atom. The van der Waals surface area contributed by atoms with Gasteiger partial charge in [-0.3, -0.25) is 9.78 Å². The minimum atomic E-state index is 0.0834. The van der Waals surface area contributed by atoms with Gasteiger partial charge < -0.3 is 10.6 Å². The molecule has 90 valence electrons. The van der Waals surface area contributed by atoms with Crippen molar-refractivity contribution in [3.8, 4) is 11.1 Å². The molecule has 4 nitrogen and oxygen atoms in total. The molecule has 4 heteroatoms. The van der Waals surface area contributed by atoms with Crippen molar-refractivity contribution >= 4 is 17.3 Å². The van der Waals surface area contributed by atoms with Gasteiger partial charge in [0.05, 0.1) is 17.8 Å². The Morgan fingerprint density at radius 1 is 1.33 bits per heavy atom. The highest BCUT2D eigenvalue weighted by atomic mass is 16.2. The summed E-state index contributed by atoms with van der Waals surface area (Å²) in [6, 6.07) is 7.78. The number of rotatable bonds is 1. The summed E-state index contributed by atoms with van der Waals surface area (Å²) in [6.07, 6.45) is 3.95. The summed E-state index contributed by atoms with van der Waals surface area (Å²) in [7, 11) is 1.76. The van der Waals surface area contributed by atoms with Crippen LogP contribution >= 0.6 is 0 Å². The highest BCUT2D eigenvalue weighted by Crippen LogP contribution is 2.37. The van der Waals surface area contributed by atoms with Crippen LogP contribution in [0.5, 0.6) is 0 Å². The first kappa shape index (κ1) is 10.8. The maximum atomic E-state index is 11.7. The van der Waals surface area contributed by atoms with Crippen molar-refractivity contribution in [3.05, 3.63) is 42.2 Å². The molecule has 0 aliphatic carbocycles. The quantitative estimate of drug-likeness (QED) is 0.772. The maximum Gasteiger partial charge on any atom is 0.231 e. The summed E-state index contributed by atoms with van der Waals surface area (Å²) in [6.45, 7) is 0. The van der Waals surface area contributed by atoms with Crippen molar-refractivity contribution in [2.24, 2.45) is 0 Å². The molecule has 1 aromatic heterocycles. The van der Waals surface area contributed by atoms with Crippen LogP contribution in [-0.4, -0.2) is 17.9 Å². The number of likely N-dealkylation sites (N-methyl/N-ethyl adjacent to an activating group) is 1. The molecule has 2 heterocycles. The molecule has 1 aliphatic heterocycles. The molecule has 1 amide bonds. The Kier molecular flexibility index (Phi) is 2.30. The van der Waals surface area contributed by atoms with Gasteiger partial charge in [-0.05, 0) is 29.3 Å². The van der Waals surface area contributed by atoms with Crippen LogP contribution < -0.4 is 10.6 Å². The van der Waals surface area contributed by atoms with E-state index in [4.69, 9.17) is 5.73 Å². The van der Waals surface area contributed by atoms with Crippen LogP contribution in [0.25, 0.3) is 11.1 Å². The Morgan fingerprint density at radius 3 is 2.89 bits per heavy atom. The van der Waals surface area contributed by atoms with Crippen LogP contribution in [0, 0.1) is 0 Å². The molecule has 0 atom stereocenters. The fourth-order valence-electron chi connectivity index (χ4n) is 2.37.